The number of benzene rings is 1. The van der Waals surface area contributed by atoms with Crippen LogP contribution in [-0.2, 0) is 26.1 Å². The zero-order chi connectivity index (χ0) is 23.4. The molecule has 4 amide bonds. The zero-order valence-electron chi connectivity index (χ0n) is 17.6. The Hall–Kier alpha value is -3.24. The van der Waals surface area contributed by atoms with Crippen molar-refractivity contribution in [3.05, 3.63) is 85.3 Å². The summed E-state index contributed by atoms with van der Waals surface area (Å²) in [4.78, 5) is 44.3. The summed E-state index contributed by atoms with van der Waals surface area (Å²) in [5.74, 6) is -0.689. The van der Waals surface area contributed by atoms with Gasteiger partial charge in [-0.25, -0.2) is 4.79 Å². The van der Waals surface area contributed by atoms with Gasteiger partial charge in [-0.3, -0.25) is 14.6 Å². The van der Waals surface area contributed by atoms with Crippen molar-refractivity contribution < 1.29 is 14.4 Å². The van der Waals surface area contributed by atoms with Crippen molar-refractivity contribution in [2.75, 3.05) is 6.54 Å². The van der Waals surface area contributed by atoms with Crippen LogP contribution in [0.4, 0.5) is 4.79 Å². The molecule has 0 spiro atoms. The van der Waals surface area contributed by atoms with E-state index in [0.717, 1.165) is 26.2 Å². The average Bonchev–Trinajstić information content (AvgIpc) is 3.25. The molecule has 10 heteroatoms. The fourth-order valence-electron chi connectivity index (χ4n) is 3.55. The molecule has 0 atom stereocenters. The molecule has 4 rings (SSSR count). The van der Waals surface area contributed by atoms with E-state index in [9.17, 15) is 14.4 Å². The van der Waals surface area contributed by atoms with Crippen LogP contribution in [-0.4, -0.2) is 34.3 Å². The number of pyridine rings is 1. The lowest BCUT2D eigenvalue weighted by molar-refractivity contribution is 0.0954. The van der Waals surface area contributed by atoms with Gasteiger partial charge >= 0.3 is 6.03 Å². The first-order valence-corrected chi connectivity index (χ1v) is 11.9. The number of amides is 4. The molecule has 170 valence electrons. The van der Waals surface area contributed by atoms with Gasteiger partial charge in [0.1, 0.15) is 0 Å². The van der Waals surface area contributed by atoms with Gasteiger partial charge in [0.2, 0.25) is 5.91 Å². The number of hydrogen-bond donors (Lipinski definition) is 3. The van der Waals surface area contributed by atoms with Crippen LogP contribution in [0.25, 0.3) is 0 Å². The van der Waals surface area contributed by atoms with E-state index in [-0.39, 0.29) is 11.9 Å². The van der Waals surface area contributed by atoms with Crippen LogP contribution in [0.2, 0.25) is 0 Å². The molecular formula is C23H22BrN5O3S. The summed E-state index contributed by atoms with van der Waals surface area (Å²) in [5, 5.41) is 5.79. The Balaban J connectivity index is 1.33. The van der Waals surface area contributed by atoms with Crippen LogP contribution >= 0.6 is 27.3 Å². The monoisotopic (exact) mass is 527 g/mol. The van der Waals surface area contributed by atoms with Crippen molar-refractivity contribution in [1.82, 2.24) is 20.5 Å². The fraction of sp³-hybridized carbons (Fsp3) is 0.217. The smallest absolute Gasteiger partial charge is 0.318 e. The number of nitrogens with one attached hydrogen (secondary N) is 2. The highest BCUT2D eigenvalue weighted by Gasteiger charge is 2.24. The number of rotatable bonds is 6. The Morgan fingerprint density at radius 3 is 2.76 bits per heavy atom. The SMILES string of the molecule is NC(=O)c1cccc(CNC(=O)c2cc3c(s2)CCN(C(=O)NCc2cc(Br)ccn2)C3)c1. The molecule has 0 unspecified atom stereocenters. The quantitative estimate of drug-likeness (QED) is 0.456. The largest absolute Gasteiger partial charge is 0.366 e. The highest BCUT2D eigenvalue weighted by molar-refractivity contribution is 9.10. The van der Waals surface area contributed by atoms with Gasteiger partial charge in [-0.2, -0.15) is 0 Å². The fourth-order valence-corrected chi connectivity index (χ4v) is 5.01. The molecule has 2 aromatic heterocycles. The molecule has 3 heterocycles. The van der Waals surface area contributed by atoms with Crippen LogP contribution in [0.3, 0.4) is 0 Å². The number of nitrogens with two attached hydrogens (primary N) is 1. The first kappa shape index (κ1) is 22.9. The third-order valence-corrected chi connectivity index (χ3v) is 6.97. The summed E-state index contributed by atoms with van der Waals surface area (Å²) >= 11 is 4.85. The van der Waals surface area contributed by atoms with Gasteiger partial charge in [0.25, 0.3) is 5.91 Å². The van der Waals surface area contributed by atoms with E-state index in [1.807, 2.05) is 24.3 Å². The molecular weight excluding hydrogens is 506 g/mol. The lowest BCUT2D eigenvalue weighted by atomic mass is 10.1. The number of carbonyl (C=O) groups excluding carboxylic acids is 3. The van der Waals surface area contributed by atoms with Crippen molar-refractivity contribution >= 4 is 45.1 Å². The van der Waals surface area contributed by atoms with E-state index in [0.29, 0.717) is 43.0 Å². The van der Waals surface area contributed by atoms with Gasteiger partial charge < -0.3 is 21.3 Å². The third kappa shape index (κ3) is 5.77. The summed E-state index contributed by atoms with van der Waals surface area (Å²) in [6.07, 6.45) is 2.39. The standard InChI is InChI=1S/C23H22BrN5O3S/c24-17-4-6-26-18(10-17)12-28-23(32)29-7-5-19-16(13-29)9-20(33-19)22(31)27-11-14-2-1-3-15(8-14)21(25)30/h1-4,6,8-10H,5,7,11-13H2,(H2,25,30)(H,27,31)(H,28,32). The molecule has 0 radical (unpaired) electrons. The molecule has 4 N–H and O–H groups in total. The van der Waals surface area contributed by atoms with Gasteiger partial charge in [-0.05, 0) is 47.9 Å². The molecule has 3 aromatic rings. The Labute approximate surface area is 203 Å². The van der Waals surface area contributed by atoms with E-state index in [2.05, 4.69) is 31.5 Å². The molecule has 33 heavy (non-hydrogen) atoms. The minimum atomic E-state index is -0.504. The Morgan fingerprint density at radius 1 is 1.12 bits per heavy atom. The first-order valence-electron chi connectivity index (χ1n) is 10.3. The lowest BCUT2D eigenvalue weighted by Gasteiger charge is -2.27. The second-order valence-electron chi connectivity index (χ2n) is 7.60. The van der Waals surface area contributed by atoms with Crippen LogP contribution in [0.1, 0.15) is 41.7 Å². The molecule has 8 nitrogen and oxygen atoms in total. The van der Waals surface area contributed by atoms with Gasteiger partial charge in [0.15, 0.2) is 0 Å². The number of thiophene rings is 1. The summed E-state index contributed by atoms with van der Waals surface area (Å²) < 4.78 is 0.911. The number of aromatic nitrogens is 1. The van der Waals surface area contributed by atoms with E-state index in [1.165, 1.54) is 11.3 Å². The van der Waals surface area contributed by atoms with Crippen molar-refractivity contribution in [2.24, 2.45) is 5.73 Å². The summed E-state index contributed by atoms with van der Waals surface area (Å²) in [6.45, 7) is 1.68. The number of carbonyl (C=O) groups is 3. The maximum Gasteiger partial charge on any atom is 0.318 e. The van der Waals surface area contributed by atoms with Crippen LogP contribution in [0.15, 0.2) is 53.1 Å². The van der Waals surface area contributed by atoms with Crippen molar-refractivity contribution in [3.63, 3.8) is 0 Å². The molecule has 0 saturated carbocycles. The second kappa shape index (κ2) is 10.1. The molecule has 1 aliphatic rings. The number of hydrogen-bond acceptors (Lipinski definition) is 5. The number of nitrogens with zero attached hydrogens (tertiary/aromatic N) is 2. The highest BCUT2D eigenvalue weighted by atomic mass is 79.9. The van der Waals surface area contributed by atoms with Gasteiger partial charge in [-0.1, -0.05) is 28.1 Å². The van der Waals surface area contributed by atoms with Crippen molar-refractivity contribution in [3.8, 4) is 0 Å². The first-order chi connectivity index (χ1) is 15.9. The van der Waals surface area contributed by atoms with Crippen LogP contribution in [0, 0.1) is 0 Å². The zero-order valence-corrected chi connectivity index (χ0v) is 20.0. The lowest BCUT2D eigenvalue weighted by Crippen LogP contribution is -2.42. The molecule has 0 aliphatic carbocycles. The molecule has 0 bridgehead atoms. The molecule has 1 aromatic carbocycles. The highest BCUT2D eigenvalue weighted by Crippen LogP contribution is 2.28. The Kier molecular flexibility index (Phi) is 7.05. The molecule has 0 saturated heterocycles. The summed E-state index contributed by atoms with van der Waals surface area (Å²) in [7, 11) is 0. The number of primary amides is 1. The number of fused-ring (bicyclic) bond motifs is 1. The Morgan fingerprint density at radius 2 is 1.97 bits per heavy atom. The van der Waals surface area contributed by atoms with Crippen molar-refractivity contribution in [1.29, 1.82) is 0 Å². The Bertz CT molecular complexity index is 1210. The van der Waals surface area contributed by atoms with E-state index >= 15 is 0 Å². The molecule has 1 aliphatic heterocycles. The average molecular weight is 528 g/mol. The summed E-state index contributed by atoms with van der Waals surface area (Å²) in [6, 6.07) is 12.3. The van der Waals surface area contributed by atoms with Crippen LogP contribution in [0.5, 0.6) is 0 Å². The van der Waals surface area contributed by atoms with Crippen LogP contribution < -0.4 is 16.4 Å². The summed E-state index contributed by atoms with van der Waals surface area (Å²) in [5.41, 5.74) is 8.27. The minimum absolute atomic E-state index is 0.158. The molecule has 0 fully saturated rings. The van der Waals surface area contributed by atoms with E-state index in [1.54, 1.807) is 29.3 Å². The second-order valence-corrected chi connectivity index (χ2v) is 9.65. The number of urea groups is 1. The van der Waals surface area contributed by atoms with Crippen molar-refractivity contribution in [2.45, 2.75) is 26.1 Å². The number of halogens is 1. The predicted molar refractivity (Wildman–Crippen MR) is 129 cm³/mol. The third-order valence-electron chi connectivity index (χ3n) is 5.24. The minimum Gasteiger partial charge on any atom is -0.366 e. The van der Waals surface area contributed by atoms with E-state index < -0.39 is 5.91 Å². The van der Waals surface area contributed by atoms with Gasteiger partial charge in [0, 0.05) is 40.7 Å². The van der Waals surface area contributed by atoms with E-state index in [4.69, 9.17) is 5.73 Å². The maximum absolute atomic E-state index is 12.7. The predicted octanol–water partition coefficient (Wildman–Crippen LogP) is 3.20. The topological polar surface area (TPSA) is 117 Å². The van der Waals surface area contributed by atoms with Gasteiger partial charge in [0.05, 0.1) is 17.1 Å². The maximum atomic E-state index is 12.7. The normalized spacial score (nSPS) is 12.7. The van der Waals surface area contributed by atoms with Gasteiger partial charge in [-0.15, -0.1) is 11.3 Å².